The molecule has 0 aliphatic carbocycles. The zero-order valence-corrected chi connectivity index (χ0v) is 16.4. The maximum Gasteiger partial charge on any atom is 0.274 e. The van der Waals surface area contributed by atoms with E-state index in [4.69, 9.17) is 4.74 Å². The summed E-state index contributed by atoms with van der Waals surface area (Å²) in [6.07, 6.45) is 2.60. The zero-order valence-electron chi connectivity index (χ0n) is 16.4. The van der Waals surface area contributed by atoms with Gasteiger partial charge in [-0.25, -0.2) is 4.98 Å². The van der Waals surface area contributed by atoms with Gasteiger partial charge in [-0.05, 0) is 26.0 Å². The number of ether oxygens (including phenoxy) is 1. The number of aromatic nitrogens is 5. The van der Waals surface area contributed by atoms with Gasteiger partial charge >= 0.3 is 0 Å². The van der Waals surface area contributed by atoms with Crippen molar-refractivity contribution in [1.29, 1.82) is 0 Å². The van der Waals surface area contributed by atoms with Crippen molar-refractivity contribution in [3.63, 3.8) is 0 Å². The van der Waals surface area contributed by atoms with Gasteiger partial charge in [0, 0.05) is 62.3 Å². The molecule has 3 aromatic rings. The average molecular weight is 380 g/mol. The first-order valence-electron chi connectivity index (χ1n) is 9.48. The highest BCUT2D eigenvalue weighted by Crippen LogP contribution is 2.24. The summed E-state index contributed by atoms with van der Waals surface area (Å²) >= 11 is 0. The first kappa shape index (κ1) is 18.2. The number of carbonyl (C=O) groups excluding carboxylic acids is 1. The molecule has 146 valence electrons. The van der Waals surface area contributed by atoms with Crippen molar-refractivity contribution in [2.45, 2.75) is 40.0 Å². The van der Waals surface area contributed by atoms with Gasteiger partial charge in [0.15, 0.2) is 0 Å². The molecular weight excluding hydrogens is 356 g/mol. The van der Waals surface area contributed by atoms with E-state index >= 15 is 0 Å². The summed E-state index contributed by atoms with van der Waals surface area (Å²) in [7, 11) is 1.94. The minimum absolute atomic E-state index is 0.0473. The topological polar surface area (TPSA) is 78.1 Å². The number of rotatable bonds is 5. The Morgan fingerprint density at radius 3 is 2.86 bits per heavy atom. The first-order valence-corrected chi connectivity index (χ1v) is 9.48. The molecule has 4 rings (SSSR count). The molecule has 3 aromatic heterocycles. The van der Waals surface area contributed by atoms with Crippen LogP contribution in [0.4, 0.5) is 0 Å². The SMILES string of the molecule is CCn1ccc(C(=O)N2CCc3c(c(COc4cccc(C)n4)nn3C)C2)n1. The second kappa shape index (κ2) is 7.46. The van der Waals surface area contributed by atoms with Gasteiger partial charge in [0.1, 0.15) is 18.0 Å². The van der Waals surface area contributed by atoms with Gasteiger partial charge in [0.25, 0.3) is 5.91 Å². The molecule has 8 heteroatoms. The highest BCUT2D eigenvalue weighted by molar-refractivity contribution is 5.92. The van der Waals surface area contributed by atoms with Crippen LogP contribution in [0.5, 0.6) is 5.88 Å². The van der Waals surface area contributed by atoms with Crippen LogP contribution >= 0.6 is 0 Å². The summed E-state index contributed by atoms with van der Waals surface area (Å²) in [5, 5.41) is 8.96. The van der Waals surface area contributed by atoms with Crippen LogP contribution in [0.1, 0.15) is 40.1 Å². The van der Waals surface area contributed by atoms with E-state index in [-0.39, 0.29) is 5.91 Å². The number of nitrogens with zero attached hydrogens (tertiary/aromatic N) is 6. The van der Waals surface area contributed by atoms with Gasteiger partial charge in [0.05, 0.1) is 0 Å². The molecule has 1 aliphatic rings. The smallest absolute Gasteiger partial charge is 0.274 e. The maximum atomic E-state index is 12.9. The third-order valence-corrected chi connectivity index (χ3v) is 5.02. The summed E-state index contributed by atoms with van der Waals surface area (Å²) in [6.45, 7) is 6.17. The molecule has 0 aromatic carbocycles. The van der Waals surface area contributed by atoms with Crippen molar-refractivity contribution in [2.24, 2.45) is 7.05 Å². The summed E-state index contributed by atoms with van der Waals surface area (Å²) in [5.41, 5.74) is 4.45. The standard InChI is InChI=1S/C20H24N6O2/c1-4-26-11-8-16(23-26)20(27)25-10-9-18-15(12-25)17(22-24(18)3)13-28-19-7-5-6-14(2)21-19/h5-8,11H,4,9-10,12-13H2,1-3H3. The molecule has 0 unspecified atom stereocenters. The van der Waals surface area contributed by atoms with Crippen LogP contribution in [0, 0.1) is 6.92 Å². The third kappa shape index (κ3) is 3.49. The lowest BCUT2D eigenvalue weighted by molar-refractivity contribution is 0.0725. The van der Waals surface area contributed by atoms with Crippen LogP contribution < -0.4 is 4.74 Å². The quantitative estimate of drug-likeness (QED) is 0.677. The fraction of sp³-hybridized carbons (Fsp3) is 0.400. The molecule has 8 nitrogen and oxygen atoms in total. The molecule has 0 saturated heterocycles. The number of aryl methyl sites for hydroxylation is 3. The van der Waals surface area contributed by atoms with Gasteiger partial charge in [-0.2, -0.15) is 10.2 Å². The van der Waals surface area contributed by atoms with Gasteiger partial charge in [-0.3, -0.25) is 14.2 Å². The van der Waals surface area contributed by atoms with E-state index in [1.807, 2.05) is 54.9 Å². The minimum Gasteiger partial charge on any atom is -0.471 e. The van der Waals surface area contributed by atoms with E-state index < -0.39 is 0 Å². The molecule has 4 heterocycles. The van der Waals surface area contributed by atoms with E-state index in [1.54, 1.807) is 10.7 Å². The van der Waals surface area contributed by atoms with Crippen molar-refractivity contribution < 1.29 is 9.53 Å². The fourth-order valence-electron chi connectivity index (χ4n) is 3.51. The molecular formula is C20H24N6O2. The summed E-state index contributed by atoms with van der Waals surface area (Å²) in [5.74, 6) is 0.530. The molecule has 0 N–H and O–H groups in total. The van der Waals surface area contributed by atoms with Crippen LogP contribution in [0.15, 0.2) is 30.5 Å². The molecule has 1 amide bonds. The van der Waals surface area contributed by atoms with Crippen molar-refractivity contribution in [3.8, 4) is 5.88 Å². The number of amides is 1. The van der Waals surface area contributed by atoms with Gasteiger partial charge in [0.2, 0.25) is 5.88 Å². The number of pyridine rings is 1. The van der Waals surface area contributed by atoms with E-state index in [9.17, 15) is 4.79 Å². The Hall–Kier alpha value is -3.16. The third-order valence-electron chi connectivity index (χ3n) is 5.02. The van der Waals surface area contributed by atoms with Crippen molar-refractivity contribution >= 4 is 5.91 Å². The van der Waals surface area contributed by atoms with Crippen LogP contribution in [0.25, 0.3) is 0 Å². The molecule has 0 saturated carbocycles. The lowest BCUT2D eigenvalue weighted by Gasteiger charge is -2.27. The second-order valence-electron chi connectivity index (χ2n) is 6.93. The Labute approximate surface area is 163 Å². The Bertz CT molecular complexity index is 1010. The Morgan fingerprint density at radius 2 is 2.11 bits per heavy atom. The summed E-state index contributed by atoms with van der Waals surface area (Å²) in [4.78, 5) is 19.1. The molecule has 1 aliphatic heterocycles. The van der Waals surface area contributed by atoms with E-state index in [2.05, 4.69) is 15.2 Å². The monoisotopic (exact) mass is 380 g/mol. The number of carbonyl (C=O) groups is 1. The number of fused-ring (bicyclic) bond motifs is 1. The Kier molecular flexibility index (Phi) is 4.85. The van der Waals surface area contributed by atoms with E-state index in [0.29, 0.717) is 31.3 Å². The van der Waals surface area contributed by atoms with Crippen LogP contribution in [0.2, 0.25) is 0 Å². The van der Waals surface area contributed by atoms with Crippen LogP contribution in [0.3, 0.4) is 0 Å². The van der Waals surface area contributed by atoms with E-state index in [0.717, 1.165) is 35.6 Å². The molecule has 0 bridgehead atoms. The predicted molar refractivity (Wildman–Crippen MR) is 103 cm³/mol. The van der Waals surface area contributed by atoms with Gasteiger partial charge in [-0.15, -0.1) is 0 Å². The molecule has 0 spiro atoms. The first-order chi connectivity index (χ1) is 13.5. The summed E-state index contributed by atoms with van der Waals surface area (Å²) in [6, 6.07) is 7.46. The average Bonchev–Trinajstić information content (AvgIpc) is 3.30. The molecule has 28 heavy (non-hydrogen) atoms. The zero-order chi connectivity index (χ0) is 19.7. The lowest BCUT2D eigenvalue weighted by atomic mass is 10.0. The number of hydrogen-bond donors (Lipinski definition) is 0. The highest BCUT2D eigenvalue weighted by atomic mass is 16.5. The maximum absolute atomic E-state index is 12.9. The predicted octanol–water partition coefficient (Wildman–Crippen LogP) is 2.12. The minimum atomic E-state index is -0.0473. The lowest BCUT2D eigenvalue weighted by Crippen LogP contribution is -2.36. The van der Waals surface area contributed by atoms with Crippen molar-refractivity contribution in [2.75, 3.05) is 6.54 Å². The Balaban J connectivity index is 1.51. The normalized spacial score (nSPS) is 13.5. The highest BCUT2D eigenvalue weighted by Gasteiger charge is 2.28. The van der Waals surface area contributed by atoms with Crippen LogP contribution in [-0.2, 0) is 33.2 Å². The van der Waals surface area contributed by atoms with Gasteiger partial charge in [-0.1, -0.05) is 6.07 Å². The number of hydrogen-bond acceptors (Lipinski definition) is 5. The van der Waals surface area contributed by atoms with E-state index in [1.165, 1.54) is 0 Å². The van der Waals surface area contributed by atoms with Crippen molar-refractivity contribution in [1.82, 2.24) is 29.4 Å². The largest absolute Gasteiger partial charge is 0.471 e. The van der Waals surface area contributed by atoms with Gasteiger partial charge < -0.3 is 9.64 Å². The second-order valence-corrected chi connectivity index (χ2v) is 6.93. The Morgan fingerprint density at radius 1 is 1.25 bits per heavy atom. The fourth-order valence-corrected chi connectivity index (χ4v) is 3.51. The molecule has 0 atom stereocenters. The van der Waals surface area contributed by atoms with Crippen molar-refractivity contribution in [3.05, 3.63) is 58.8 Å². The molecule has 0 fully saturated rings. The van der Waals surface area contributed by atoms with Crippen LogP contribution in [-0.4, -0.2) is 41.9 Å². The summed E-state index contributed by atoms with van der Waals surface area (Å²) < 4.78 is 9.50. The molecule has 0 radical (unpaired) electrons.